The number of carbonyl (C=O) groups excluding carboxylic acids is 1. The van der Waals surface area contributed by atoms with Crippen LogP contribution in [-0.4, -0.2) is 43.7 Å². The van der Waals surface area contributed by atoms with Gasteiger partial charge in [0.15, 0.2) is 5.13 Å². The number of terminal acetylenes is 1. The fraction of sp³-hybridized carbons (Fsp3) is 0.455. The predicted molar refractivity (Wildman–Crippen MR) is 70.7 cm³/mol. The van der Waals surface area contributed by atoms with Crippen LogP contribution in [0.1, 0.15) is 9.67 Å². The molecular weight excluding hydrogens is 252 g/mol. The van der Waals surface area contributed by atoms with Crippen LogP contribution in [0.15, 0.2) is 0 Å². The summed E-state index contributed by atoms with van der Waals surface area (Å²) in [6.45, 7) is 3.04. The molecule has 0 unspecified atom stereocenters. The molecular formula is C11H14N4O2S. The van der Waals surface area contributed by atoms with Crippen LogP contribution < -0.4 is 16.0 Å². The minimum atomic E-state index is -0.276. The lowest BCUT2D eigenvalue weighted by Gasteiger charge is -2.25. The van der Waals surface area contributed by atoms with Gasteiger partial charge in [-0.15, -0.1) is 6.42 Å². The zero-order valence-electron chi connectivity index (χ0n) is 9.81. The van der Waals surface area contributed by atoms with Gasteiger partial charge in [0.1, 0.15) is 10.7 Å². The van der Waals surface area contributed by atoms with Crippen LogP contribution in [0.2, 0.25) is 0 Å². The van der Waals surface area contributed by atoms with Gasteiger partial charge in [0.25, 0.3) is 5.91 Å². The number of ether oxygens (including phenoxy) is 1. The summed E-state index contributed by atoms with van der Waals surface area (Å²) < 4.78 is 5.26. The van der Waals surface area contributed by atoms with Crippen molar-refractivity contribution in [3.8, 4) is 12.3 Å². The first-order valence-corrected chi connectivity index (χ1v) is 6.34. The zero-order valence-corrected chi connectivity index (χ0v) is 10.6. The molecule has 1 aromatic heterocycles. The van der Waals surface area contributed by atoms with Crippen molar-refractivity contribution in [1.82, 2.24) is 10.3 Å². The highest BCUT2D eigenvalue weighted by Gasteiger charge is 2.20. The molecule has 0 spiro atoms. The van der Waals surface area contributed by atoms with E-state index in [0.29, 0.717) is 18.1 Å². The summed E-state index contributed by atoms with van der Waals surface area (Å²) in [6.07, 6.45) is 5.08. The van der Waals surface area contributed by atoms with Crippen molar-refractivity contribution >= 4 is 28.2 Å². The molecule has 6 nitrogen and oxygen atoms in total. The normalized spacial score (nSPS) is 15.2. The van der Waals surface area contributed by atoms with E-state index in [4.69, 9.17) is 16.9 Å². The molecule has 1 aromatic rings. The van der Waals surface area contributed by atoms with Gasteiger partial charge in [-0.1, -0.05) is 17.3 Å². The number of nitrogen functional groups attached to an aromatic ring is 1. The molecule has 1 saturated heterocycles. The van der Waals surface area contributed by atoms with E-state index in [1.165, 1.54) is 11.3 Å². The predicted octanol–water partition coefficient (Wildman–Crippen LogP) is -0.0751. The van der Waals surface area contributed by atoms with E-state index in [-0.39, 0.29) is 18.3 Å². The monoisotopic (exact) mass is 266 g/mol. The van der Waals surface area contributed by atoms with Crippen LogP contribution in [-0.2, 0) is 4.74 Å². The molecule has 1 aliphatic heterocycles. The maximum absolute atomic E-state index is 11.8. The van der Waals surface area contributed by atoms with Gasteiger partial charge in [0, 0.05) is 13.1 Å². The number of nitrogens with two attached hydrogens (primary N) is 1. The Kier molecular flexibility index (Phi) is 4.02. The zero-order chi connectivity index (χ0) is 13.0. The SMILES string of the molecule is C#CCNC(=O)c1sc(N2CCOCC2)nc1N. The largest absolute Gasteiger partial charge is 0.382 e. The molecule has 7 heteroatoms. The number of hydrogen-bond donors (Lipinski definition) is 2. The van der Waals surface area contributed by atoms with Gasteiger partial charge < -0.3 is 20.7 Å². The summed E-state index contributed by atoms with van der Waals surface area (Å²) in [5.41, 5.74) is 5.75. The molecule has 1 fully saturated rings. The number of rotatable bonds is 3. The Bertz CT molecular complexity index is 474. The Morgan fingerprint density at radius 3 is 3.00 bits per heavy atom. The van der Waals surface area contributed by atoms with Crippen LogP contribution in [0.4, 0.5) is 10.9 Å². The Labute approximate surface area is 109 Å². The van der Waals surface area contributed by atoms with Gasteiger partial charge >= 0.3 is 0 Å². The van der Waals surface area contributed by atoms with Crippen molar-refractivity contribution < 1.29 is 9.53 Å². The van der Waals surface area contributed by atoms with Crippen LogP contribution in [0.25, 0.3) is 0 Å². The van der Waals surface area contributed by atoms with Crippen molar-refractivity contribution in [1.29, 1.82) is 0 Å². The van der Waals surface area contributed by atoms with Gasteiger partial charge in [-0.2, -0.15) is 0 Å². The topological polar surface area (TPSA) is 80.5 Å². The van der Waals surface area contributed by atoms with Gasteiger partial charge in [-0.05, 0) is 0 Å². The molecule has 0 bridgehead atoms. The summed E-state index contributed by atoms with van der Waals surface area (Å²) >= 11 is 1.28. The molecule has 0 aliphatic carbocycles. The van der Waals surface area contributed by atoms with Crippen LogP contribution >= 0.6 is 11.3 Å². The minimum Gasteiger partial charge on any atom is -0.382 e. The van der Waals surface area contributed by atoms with Crippen LogP contribution in [0, 0.1) is 12.3 Å². The van der Waals surface area contributed by atoms with Crippen molar-refractivity contribution in [2.45, 2.75) is 0 Å². The average Bonchev–Trinajstić information content (AvgIpc) is 2.79. The molecule has 0 radical (unpaired) electrons. The second kappa shape index (κ2) is 5.71. The molecule has 1 aliphatic rings. The van der Waals surface area contributed by atoms with Gasteiger partial charge in [-0.3, -0.25) is 4.79 Å². The molecule has 2 rings (SSSR count). The fourth-order valence-electron chi connectivity index (χ4n) is 1.58. The highest BCUT2D eigenvalue weighted by Crippen LogP contribution is 2.28. The van der Waals surface area contributed by atoms with Crippen molar-refractivity contribution in [2.24, 2.45) is 0 Å². The number of hydrogen-bond acceptors (Lipinski definition) is 6. The van der Waals surface area contributed by atoms with Crippen LogP contribution in [0.3, 0.4) is 0 Å². The molecule has 96 valence electrons. The summed E-state index contributed by atoms with van der Waals surface area (Å²) in [4.78, 5) is 18.4. The number of morpholine rings is 1. The lowest BCUT2D eigenvalue weighted by atomic mass is 10.4. The van der Waals surface area contributed by atoms with Crippen molar-refractivity contribution in [3.05, 3.63) is 4.88 Å². The Morgan fingerprint density at radius 2 is 2.33 bits per heavy atom. The summed E-state index contributed by atoms with van der Waals surface area (Å²) in [5, 5.41) is 3.33. The van der Waals surface area contributed by atoms with Crippen molar-refractivity contribution in [2.75, 3.05) is 43.5 Å². The van der Waals surface area contributed by atoms with Crippen LogP contribution in [0.5, 0.6) is 0 Å². The molecule has 18 heavy (non-hydrogen) atoms. The maximum Gasteiger partial charge on any atom is 0.266 e. The first-order valence-electron chi connectivity index (χ1n) is 5.53. The van der Waals surface area contributed by atoms with E-state index in [9.17, 15) is 4.79 Å². The highest BCUT2D eigenvalue weighted by atomic mass is 32.1. The molecule has 3 N–H and O–H groups in total. The minimum absolute atomic E-state index is 0.184. The molecule has 0 saturated carbocycles. The Hall–Kier alpha value is -1.78. The number of amides is 1. The summed E-state index contributed by atoms with van der Waals surface area (Å²) in [7, 11) is 0. The summed E-state index contributed by atoms with van der Waals surface area (Å²) in [5.74, 6) is 2.31. The third kappa shape index (κ3) is 2.72. The number of carbonyl (C=O) groups is 1. The highest BCUT2D eigenvalue weighted by molar-refractivity contribution is 7.18. The maximum atomic E-state index is 11.8. The number of nitrogens with zero attached hydrogens (tertiary/aromatic N) is 2. The first kappa shape index (κ1) is 12.7. The number of nitrogens with one attached hydrogen (secondary N) is 1. The van der Waals surface area contributed by atoms with Gasteiger partial charge in [0.05, 0.1) is 19.8 Å². The lowest BCUT2D eigenvalue weighted by Crippen LogP contribution is -2.36. The second-order valence-electron chi connectivity index (χ2n) is 3.70. The molecule has 1 amide bonds. The third-order valence-electron chi connectivity index (χ3n) is 2.48. The number of aromatic nitrogens is 1. The van der Waals surface area contributed by atoms with E-state index in [2.05, 4.69) is 21.1 Å². The summed E-state index contributed by atoms with van der Waals surface area (Å²) in [6, 6.07) is 0. The Balaban J connectivity index is 2.11. The van der Waals surface area contributed by atoms with E-state index in [0.717, 1.165) is 18.2 Å². The van der Waals surface area contributed by atoms with E-state index in [1.54, 1.807) is 0 Å². The third-order valence-corrected chi connectivity index (χ3v) is 3.61. The number of anilines is 2. The van der Waals surface area contributed by atoms with E-state index in [1.807, 2.05) is 0 Å². The first-order chi connectivity index (χ1) is 8.72. The van der Waals surface area contributed by atoms with E-state index < -0.39 is 0 Å². The second-order valence-corrected chi connectivity index (χ2v) is 4.67. The van der Waals surface area contributed by atoms with Crippen molar-refractivity contribution in [3.63, 3.8) is 0 Å². The smallest absolute Gasteiger partial charge is 0.266 e. The van der Waals surface area contributed by atoms with Gasteiger partial charge in [0.2, 0.25) is 0 Å². The quantitative estimate of drug-likeness (QED) is 0.748. The standard InChI is InChI=1S/C11H14N4O2S/c1-2-3-13-10(16)8-9(12)14-11(18-8)15-4-6-17-7-5-15/h1H,3-7,12H2,(H,13,16). The average molecular weight is 266 g/mol. The molecule has 2 heterocycles. The molecule has 0 atom stereocenters. The number of thiazole rings is 1. The fourth-order valence-corrected chi connectivity index (χ4v) is 2.54. The Morgan fingerprint density at radius 1 is 1.61 bits per heavy atom. The van der Waals surface area contributed by atoms with E-state index >= 15 is 0 Å². The lowest BCUT2D eigenvalue weighted by molar-refractivity contribution is 0.0963. The van der Waals surface area contributed by atoms with Gasteiger partial charge in [-0.25, -0.2) is 4.98 Å². The molecule has 0 aromatic carbocycles.